The van der Waals surface area contributed by atoms with Crippen molar-refractivity contribution in [3.8, 4) is 0 Å². The minimum absolute atomic E-state index is 0.0470. The molecule has 1 spiro atoms. The molecule has 212 valence electrons. The van der Waals surface area contributed by atoms with E-state index in [1.165, 1.54) is 31.0 Å². The molecule has 1 N–H and O–H groups in total. The molecule has 5 nitrogen and oxygen atoms in total. The summed E-state index contributed by atoms with van der Waals surface area (Å²) >= 11 is 0. The molecule has 2 aliphatic rings. The quantitative estimate of drug-likeness (QED) is 0.422. The van der Waals surface area contributed by atoms with Crippen LogP contribution in [0.1, 0.15) is 72.5 Å². The lowest BCUT2D eigenvalue weighted by atomic mass is 9.79. The van der Waals surface area contributed by atoms with Gasteiger partial charge in [0.2, 0.25) is 5.91 Å². The molecule has 2 fully saturated rings. The zero-order valence-electron chi connectivity index (χ0n) is 21.5. The van der Waals surface area contributed by atoms with Crippen LogP contribution < -0.4 is 5.32 Å². The molecule has 0 bridgehead atoms. The average Bonchev–Trinajstić information content (AvgIpc) is 3.20. The predicted octanol–water partition coefficient (Wildman–Crippen LogP) is 6.77. The first kappa shape index (κ1) is 28.7. The number of aryl methyl sites for hydroxylation is 1. The number of carbonyl (C=O) groups is 2. The van der Waals surface area contributed by atoms with E-state index in [9.17, 15) is 40.3 Å². The standard InChI is InChI=1S/C27H28F7N3O2/c1-15-10-20(28)4-5-21(15)22-14-25(7-6-23(38)35-25)8-9-37(22)24(39)36(3)16(2)17-11-18(26(29,30)31)13-19(12-17)27(32,33)34/h4-5,10-13,16,22H,6-9,14H2,1-3H3,(H,35,38)/t16-,22-,25?/m1/s1. The SMILES string of the molecule is Cc1cc(F)ccc1[C@H]1CC2(CCC(=O)N2)CCN1C(=O)N(C)[C@H](C)c1cc(C(F)(F)F)cc(C(F)(F)F)c1. The zero-order valence-corrected chi connectivity index (χ0v) is 21.5. The molecule has 0 aromatic heterocycles. The van der Waals surface area contributed by atoms with Crippen molar-refractivity contribution >= 4 is 11.9 Å². The Bertz CT molecular complexity index is 1240. The Morgan fingerprint density at radius 2 is 1.67 bits per heavy atom. The molecule has 0 aliphatic carbocycles. The molecule has 2 heterocycles. The lowest BCUT2D eigenvalue weighted by molar-refractivity contribution is -0.143. The number of carbonyl (C=O) groups excluding carboxylic acids is 2. The summed E-state index contributed by atoms with van der Waals surface area (Å²) in [6.45, 7) is 3.21. The Morgan fingerprint density at radius 3 is 2.18 bits per heavy atom. The van der Waals surface area contributed by atoms with E-state index in [1.54, 1.807) is 13.0 Å². The van der Waals surface area contributed by atoms with Crippen molar-refractivity contribution in [1.82, 2.24) is 15.1 Å². The van der Waals surface area contributed by atoms with Crippen LogP contribution >= 0.6 is 0 Å². The van der Waals surface area contributed by atoms with Crippen LogP contribution in [0.5, 0.6) is 0 Å². The van der Waals surface area contributed by atoms with Crippen LogP contribution in [0.3, 0.4) is 0 Å². The highest BCUT2D eigenvalue weighted by Gasteiger charge is 2.47. The van der Waals surface area contributed by atoms with Crippen LogP contribution in [0.4, 0.5) is 35.5 Å². The molecule has 2 aromatic carbocycles. The third-order valence-corrected chi connectivity index (χ3v) is 7.84. The number of likely N-dealkylation sites (tertiary alicyclic amines) is 1. The zero-order chi connectivity index (χ0) is 28.9. The minimum Gasteiger partial charge on any atom is -0.350 e. The van der Waals surface area contributed by atoms with Crippen molar-refractivity contribution in [3.05, 3.63) is 70.0 Å². The van der Waals surface area contributed by atoms with Crippen molar-refractivity contribution < 1.29 is 40.3 Å². The van der Waals surface area contributed by atoms with Crippen molar-refractivity contribution in [2.75, 3.05) is 13.6 Å². The fraction of sp³-hybridized carbons (Fsp3) is 0.481. The molecule has 0 radical (unpaired) electrons. The Hall–Kier alpha value is -3.31. The summed E-state index contributed by atoms with van der Waals surface area (Å²) in [4.78, 5) is 28.4. The van der Waals surface area contributed by atoms with Gasteiger partial charge in [-0.05, 0) is 80.1 Å². The number of nitrogens with one attached hydrogen (secondary N) is 1. The first-order valence-electron chi connectivity index (χ1n) is 12.4. The molecular weight excluding hydrogens is 531 g/mol. The van der Waals surface area contributed by atoms with Gasteiger partial charge in [0.15, 0.2) is 0 Å². The van der Waals surface area contributed by atoms with Crippen LogP contribution in [0.25, 0.3) is 0 Å². The van der Waals surface area contributed by atoms with E-state index < -0.39 is 53.0 Å². The highest BCUT2D eigenvalue weighted by Crippen LogP contribution is 2.43. The third kappa shape index (κ3) is 5.84. The summed E-state index contributed by atoms with van der Waals surface area (Å²) in [5.41, 5.74) is -2.59. The topological polar surface area (TPSA) is 52.7 Å². The van der Waals surface area contributed by atoms with Gasteiger partial charge in [-0.25, -0.2) is 9.18 Å². The summed E-state index contributed by atoms with van der Waals surface area (Å²) < 4.78 is 94.4. The van der Waals surface area contributed by atoms with Gasteiger partial charge in [-0.1, -0.05) is 6.07 Å². The second-order valence-electron chi connectivity index (χ2n) is 10.4. The number of rotatable bonds is 3. The molecule has 39 heavy (non-hydrogen) atoms. The van der Waals surface area contributed by atoms with Crippen molar-refractivity contribution in [2.45, 2.75) is 69.5 Å². The first-order chi connectivity index (χ1) is 18.0. The van der Waals surface area contributed by atoms with Gasteiger partial charge < -0.3 is 15.1 Å². The Labute approximate surface area is 221 Å². The molecule has 2 aliphatic heterocycles. The third-order valence-electron chi connectivity index (χ3n) is 7.84. The van der Waals surface area contributed by atoms with Crippen LogP contribution in [0.2, 0.25) is 0 Å². The highest BCUT2D eigenvalue weighted by atomic mass is 19.4. The second-order valence-corrected chi connectivity index (χ2v) is 10.4. The molecule has 2 aromatic rings. The van der Waals surface area contributed by atoms with Gasteiger partial charge in [-0.3, -0.25) is 4.79 Å². The van der Waals surface area contributed by atoms with Gasteiger partial charge in [0, 0.05) is 25.6 Å². The van der Waals surface area contributed by atoms with Crippen molar-refractivity contribution in [3.63, 3.8) is 0 Å². The molecule has 1 unspecified atom stereocenters. The summed E-state index contributed by atoms with van der Waals surface area (Å²) in [5, 5.41) is 3.00. The molecular formula is C27H28F7N3O2. The number of amides is 3. The Kier molecular flexibility index (Phi) is 7.37. The van der Waals surface area contributed by atoms with Crippen molar-refractivity contribution in [1.29, 1.82) is 0 Å². The maximum absolute atomic E-state index is 13.9. The maximum Gasteiger partial charge on any atom is 0.416 e. The van der Waals surface area contributed by atoms with E-state index in [1.807, 2.05) is 0 Å². The number of piperidine rings is 1. The summed E-state index contributed by atoms with van der Waals surface area (Å²) in [5.74, 6) is -0.579. The van der Waals surface area contributed by atoms with E-state index in [0.29, 0.717) is 48.9 Å². The summed E-state index contributed by atoms with van der Waals surface area (Å²) in [6.07, 6.45) is -8.39. The summed E-state index contributed by atoms with van der Waals surface area (Å²) in [6, 6.07) is 3.05. The lowest BCUT2D eigenvalue weighted by Crippen LogP contribution is -2.55. The molecule has 4 rings (SSSR count). The number of alkyl halides is 6. The monoisotopic (exact) mass is 559 g/mol. The second kappa shape index (κ2) is 10.0. The maximum atomic E-state index is 13.9. The fourth-order valence-electron chi connectivity index (χ4n) is 5.52. The molecule has 2 saturated heterocycles. The van der Waals surface area contributed by atoms with Gasteiger partial charge in [-0.2, -0.15) is 26.3 Å². The Morgan fingerprint density at radius 1 is 1.05 bits per heavy atom. The van der Waals surface area contributed by atoms with Crippen LogP contribution in [0.15, 0.2) is 36.4 Å². The smallest absolute Gasteiger partial charge is 0.350 e. The van der Waals surface area contributed by atoms with Gasteiger partial charge in [0.1, 0.15) is 5.82 Å². The minimum atomic E-state index is -5.02. The Balaban J connectivity index is 1.68. The normalized spacial score (nSPS) is 22.7. The number of hydrogen-bond acceptors (Lipinski definition) is 2. The number of hydrogen-bond donors (Lipinski definition) is 1. The predicted molar refractivity (Wildman–Crippen MR) is 128 cm³/mol. The van der Waals surface area contributed by atoms with E-state index in [0.717, 1.165) is 4.90 Å². The van der Waals surface area contributed by atoms with E-state index >= 15 is 0 Å². The molecule has 12 heteroatoms. The van der Waals surface area contributed by atoms with Crippen LogP contribution in [0, 0.1) is 12.7 Å². The lowest BCUT2D eigenvalue weighted by Gasteiger charge is -2.47. The van der Waals surface area contributed by atoms with Gasteiger partial charge >= 0.3 is 18.4 Å². The van der Waals surface area contributed by atoms with E-state index in [-0.39, 0.29) is 24.1 Å². The molecule has 3 amide bonds. The molecule has 3 atom stereocenters. The summed E-state index contributed by atoms with van der Waals surface area (Å²) in [7, 11) is 1.32. The van der Waals surface area contributed by atoms with Crippen LogP contribution in [-0.2, 0) is 17.1 Å². The van der Waals surface area contributed by atoms with Crippen LogP contribution in [-0.4, -0.2) is 40.9 Å². The van der Waals surface area contributed by atoms with E-state index in [2.05, 4.69) is 5.32 Å². The first-order valence-corrected chi connectivity index (χ1v) is 12.4. The fourth-order valence-corrected chi connectivity index (χ4v) is 5.52. The van der Waals surface area contributed by atoms with Gasteiger partial charge in [0.05, 0.1) is 23.2 Å². The van der Waals surface area contributed by atoms with E-state index in [4.69, 9.17) is 0 Å². The average molecular weight is 560 g/mol. The van der Waals surface area contributed by atoms with Crippen molar-refractivity contribution in [2.24, 2.45) is 0 Å². The molecule has 0 saturated carbocycles. The van der Waals surface area contributed by atoms with Gasteiger partial charge in [-0.15, -0.1) is 0 Å². The number of urea groups is 1. The number of nitrogens with zero attached hydrogens (tertiary/aromatic N) is 2. The number of halogens is 7. The number of benzene rings is 2. The highest BCUT2D eigenvalue weighted by molar-refractivity contribution is 5.80. The van der Waals surface area contributed by atoms with Gasteiger partial charge in [0.25, 0.3) is 0 Å². The largest absolute Gasteiger partial charge is 0.416 e.